The number of nitrogens with two attached hydrogens (primary N) is 1. The van der Waals surface area contributed by atoms with E-state index in [0.29, 0.717) is 0 Å². The number of nitrogens with one attached hydrogen (secondary N) is 2. The molecule has 0 aromatic carbocycles. The minimum absolute atomic E-state index is 0.718. The van der Waals surface area contributed by atoms with Crippen LogP contribution in [0.3, 0.4) is 0 Å². The molecule has 1 fully saturated rings. The van der Waals surface area contributed by atoms with E-state index in [0.717, 1.165) is 36.1 Å². The first-order valence-electron chi connectivity index (χ1n) is 6.89. The van der Waals surface area contributed by atoms with Crippen molar-refractivity contribution in [3.8, 4) is 0 Å². The zero-order valence-corrected chi connectivity index (χ0v) is 11.1. The average molecular weight is 249 g/mol. The minimum atomic E-state index is 0.718. The monoisotopic (exact) mass is 249 g/mol. The first-order valence-corrected chi connectivity index (χ1v) is 6.89. The summed E-state index contributed by atoms with van der Waals surface area (Å²) < 4.78 is 0. The van der Waals surface area contributed by atoms with Crippen LogP contribution >= 0.6 is 0 Å². The van der Waals surface area contributed by atoms with Gasteiger partial charge in [0.2, 0.25) is 0 Å². The summed E-state index contributed by atoms with van der Waals surface area (Å²) in [5, 5.41) is 3.42. The Kier molecular flexibility index (Phi) is 4.75. The van der Waals surface area contributed by atoms with Crippen LogP contribution in [0.5, 0.6) is 0 Å². The van der Waals surface area contributed by atoms with Gasteiger partial charge in [0.15, 0.2) is 0 Å². The molecule has 0 radical (unpaired) electrons. The molecule has 0 saturated heterocycles. The van der Waals surface area contributed by atoms with E-state index in [1.54, 1.807) is 6.33 Å². The molecule has 0 unspecified atom stereocenters. The molecule has 0 amide bonds. The summed E-state index contributed by atoms with van der Waals surface area (Å²) >= 11 is 0. The molecule has 1 aromatic heterocycles. The number of aromatic nitrogens is 2. The van der Waals surface area contributed by atoms with Gasteiger partial charge in [-0.25, -0.2) is 15.8 Å². The van der Waals surface area contributed by atoms with Crippen molar-refractivity contribution < 1.29 is 0 Å². The predicted octanol–water partition coefficient (Wildman–Crippen LogP) is 2.32. The largest absolute Gasteiger partial charge is 0.370 e. The quantitative estimate of drug-likeness (QED) is 0.533. The van der Waals surface area contributed by atoms with Crippen LogP contribution < -0.4 is 16.6 Å². The maximum atomic E-state index is 5.46. The van der Waals surface area contributed by atoms with E-state index in [9.17, 15) is 0 Å². The molecule has 5 heteroatoms. The van der Waals surface area contributed by atoms with Crippen LogP contribution in [0.15, 0.2) is 6.33 Å². The Labute approximate surface area is 109 Å². The molecule has 0 aliphatic heterocycles. The summed E-state index contributed by atoms with van der Waals surface area (Å²) in [7, 11) is 0. The second-order valence-corrected chi connectivity index (χ2v) is 4.91. The second-order valence-electron chi connectivity index (χ2n) is 4.91. The molecule has 5 nitrogen and oxygen atoms in total. The fraction of sp³-hybridized carbons (Fsp3) is 0.692. The predicted molar refractivity (Wildman–Crippen MR) is 74.3 cm³/mol. The van der Waals surface area contributed by atoms with E-state index in [2.05, 4.69) is 27.6 Å². The van der Waals surface area contributed by atoms with Gasteiger partial charge in [-0.2, -0.15) is 0 Å². The molecule has 0 bridgehead atoms. The number of hydrogen-bond acceptors (Lipinski definition) is 5. The van der Waals surface area contributed by atoms with Gasteiger partial charge in [0.1, 0.15) is 18.0 Å². The fourth-order valence-electron chi connectivity index (χ4n) is 2.72. The van der Waals surface area contributed by atoms with Gasteiger partial charge in [0, 0.05) is 12.1 Å². The van der Waals surface area contributed by atoms with Crippen LogP contribution in [0.4, 0.5) is 11.6 Å². The van der Waals surface area contributed by atoms with Crippen LogP contribution in [0.1, 0.15) is 44.6 Å². The summed E-state index contributed by atoms with van der Waals surface area (Å²) in [6.07, 6.45) is 9.24. The van der Waals surface area contributed by atoms with Gasteiger partial charge in [-0.1, -0.05) is 32.6 Å². The van der Waals surface area contributed by atoms with Gasteiger partial charge in [0.05, 0.1) is 0 Å². The maximum Gasteiger partial charge on any atom is 0.148 e. The van der Waals surface area contributed by atoms with E-state index >= 15 is 0 Å². The molecule has 100 valence electrons. The lowest BCUT2D eigenvalue weighted by Gasteiger charge is -2.14. The molecule has 2 rings (SSSR count). The first-order chi connectivity index (χ1) is 8.85. The Morgan fingerprint density at radius 1 is 1.28 bits per heavy atom. The molecule has 1 heterocycles. The van der Waals surface area contributed by atoms with Crippen LogP contribution in [0.2, 0.25) is 0 Å². The Hall–Kier alpha value is -1.36. The molecular weight excluding hydrogens is 226 g/mol. The summed E-state index contributed by atoms with van der Waals surface area (Å²) in [5.74, 6) is 7.99. The minimum Gasteiger partial charge on any atom is -0.370 e. The normalized spacial score (nSPS) is 15.9. The molecule has 1 aromatic rings. The highest BCUT2D eigenvalue weighted by Gasteiger charge is 2.15. The second kappa shape index (κ2) is 6.54. The Bertz CT molecular complexity index is 374. The zero-order valence-electron chi connectivity index (χ0n) is 11.1. The van der Waals surface area contributed by atoms with Crippen molar-refractivity contribution >= 4 is 11.6 Å². The Balaban J connectivity index is 1.91. The smallest absolute Gasteiger partial charge is 0.148 e. The third-order valence-electron chi connectivity index (χ3n) is 3.76. The van der Waals surface area contributed by atoms with Crippen LogP contribution in [0.25, 0.3) is 0 Å². The van der Waals surface area contributed by atoms with E-state index in [1.165, 1.54) is 32.1 Å². The fourth-order valence-corrected chi connectivity index (χ4v) is 2.72. The van der Waals surface area contributed by atoms with Crippen LogP contribution in [0, 0.1) is 5.92 Å². The Morgan fingerprint density at radius 3 is 2.67 bits per heavy atom. The number of hydrazine groups is 1. The molecule has 1 saturated carbocycles. The van der Waals surface area contributed by atoms with Gasteiger partial charge < -0.3 is 10.7 Å². The van der Waals surface area contributed by atoms with Crippen molar-refractivity contribution in [2.24, 2.45) is 11.8 Å². The van der Waals surface area contributed by atoms with Gasteiger partial charge in [0.25, 0.3) is 0 Å². The lowest BCUT2D eigenvalue weighted by Crippen LogP contribution is -2.15. The first kappa shape index (κ1) is 13.1. The van der Waals surface area contributed by atoms with Crippen LogP contribution in [-0.2, 0) is 6.42 Å². The van der Waals surface area contributed by atoms with Crippen molar-refractivity contribution in [3.05, 3.63) is 11.9 Å². The topological polar surface area (TPSA) is 75.9 Å². The van der Waals surface area contributed by atoms with E-state index in [-0.39, 0.29) is 0 Å². The zero-order chi connectivity index (χ0) is 12.8. The number of nitrogens with zero attached hydrogens (tertiary/aromatic N) is 2. The molecule has 4 N–H and O–H groups in total. The standard InChI is InChI=1S/C13H23N5/c1-2-11-12(16-9-17-13(11)18-14)15-8-7-10-5-3-4-6-10/h9-10H,2-8,14H2,1H3,(H2,15,16,17,18). The van der Waals surface area contributed by atoms with Crippen molar-refractivity contribution in [1.29, 1.82) is 0 Å². The number of hydrogen-bond donors (Lipinski definition) is 3. The summed E-state index contributed by atoms with van der Waals surface area (Å²) in [6.45, 7) is 3.07. The molecule has 1 aliphatic carbocycles. The maximum absolute atomic E-state index is 5.46. The van der Waals surface area contributed by atoms with Gasteiger partial charge in [-0.15, -0.1) is 0 Å². The lowest BCUT2D eigenvalue weighted by atomic mass is 10.0. The van der Waals surface area contributed by atoms with Crippen molar-refractivity contribution in [2.45, 2.75) is 45.4 Å². The van der Waals surface area contributed by atoms with Gasteiger partial charge in [-0.3, -0.25) is 0 Å². The van der Waals surface area contributed by atoms with Gasteiger partial charge >= 0.3 is 0 Å². The SMILES string of the molecule is CCc1c(NN)ncnc1NCCC1CCCC1. The molecular formula is C13H23N5. The Morgan fingerprint density at radius 2 is 2.00 bits per heavy atom. The highest BCUT2D eigenvalue weighted by molar-refractivity contribution is 5.56. The number of rotatable bonds is 6. The molecule has 18 heavy (non-hydrogen) atoms. The summed E-state index contributed by atoms with van der Waals surface area (Å²) in [4.78, 5) is 8.43. The lowest BCUT2D eigenvalue weighted by molar-refractivity contribution is 0.518. The van der Waals surface area contributed by atoms with E-state index < -0.39 is 0 Å². The van der Waals surface area contributed by atoms with Crippen molar-refractivity contribution in [1.82, 2.24) is 9.97 Å². The third kappa shape index (κ3) is 3.10. The molecule has 0 atom stereocenters. The third-order valence-corrected chi connectivity index (χ3v) is 3.76. The summed E-state index contributed by atoms with van der Waals surface area (Å²) in [6, 6.07) is 0. The highest BCUT2D eigenvalue weighted by Crippen LogP contribution is 2.27. The molecule has 1 aliphatic rings. The van der Waals surface area contributed by atoms with Crippen molar-refractivity contribution in [2.75, 3.05) is 17.3 Å². The molecule has 0 spiro atoms. The van der Waals surface area contributed by atoms with E-state index in [4.69, 9.17) is 5.84 Å². The number of anilines is 2. The van der Waals surface area contributed by atoms with Gasteiger partial charge in [-0.05, 0) is 18.8 Å². The number of nitrogen functional groups attached to an aromatic ring is 1. The summed E-state index contributed by atoms with van der Waals surface area (Å²) in [5.41, 5.74) is 3.69. The van der Waals surface area contributed by atoms with E-state index in [1.807, 2.05) is 0 Å². The highest BCUT2D eigenvalue weighted by atomic mass is 15.3. The van der Waals surface area contributed by atoms with Crippen molar-refractivity contribution in [3.63, 3.8) is 0 Å². The average Bonchev–Trinajstić information content (AvgIpc) is 2.91. The van der Waals surface area contributed by atoms with Crippen LogP contribution in [-0.4, -0.2) is 16.5 Å².